The standard InChI is InChI=1S/C47H62N12O12/c1-24(2)17-31(54-41(65)29-14-15-39(63)52-29)42(66)56-33(20-37(48)61)45(69)55-32(18-25-9-4-3-5-10-25)43(67)58-35(23-60)47(71)59-16-8-13-36(59)46(70)57-34(21-38(49)62)44(68)53-30(40(50)64)19-26-22-51-28-12-7-6-11-27(26)28/h3-7,9-12,22,24,29-36,51,60H,8,13-21,23H2,1-2H3,(H2,48,61)(H2,49,62)(H2,50,64)(H,52,63)(H,53,68)(H,54,65)(H,55,69)(H,56,66)(H,57,70)(H,58,67)/t29-,30-,31-,32-,33-,34-,35-,36-/m0/s1. The van der Waals surface area contributed by atoms with Gasteiger partial charge in [0, 0.05) is 42.9 Å². The van der Waals surface area contributed by atoms with Gasteiger partial charge in [0.2, 0.25) is 65.0 Å². The average molecular weight is 987 g/mol. The largest absolute Gasteiger partial charge is 0.394 e. The second-order valence-electron chi connectivity index (χ2n) is 18.0. The van der Waals surface area contributed by atoms with Crippen molar-refractivity contribution in [3.63, 3.8) is 0 Å². The molecule has 0 aliphatic carbocycles. The highest BCUT2D eigenvalue weighted by Gasteiger charge is 2.41. The van der Waals surface area contributed by atoms with E-state index in [0.717, 1.165) is 15.8 Å². The summed E-state index contributed by atoms with van der Waals surface area (Å²) in [6.45, 7) is 2.56. The third-order valence-electron chi connectivity index (χ3n) is 12.0. The lowest BCUT2D eigenvalue weighted by atomic mass is 10.0. The van der Waals surface area contributed by atoms with Crippen molar-refractivity contribution in [1.29, 1.82) is 0 Å². The fraction of sp³-hybridized carbons (Fsp3) is 0.468. The number of likely N-dealkylation sites (tertiary alicyclic amines) is 1. The molecule has 2 aromatic carbocycles. The van der Waals surface area contributed by atoms with Crippen molar-refractivity contribution < 1.29 is 57.8 Å². The van der Waals surface area contributed by atoms with E-state index in [0.29, 0.717) is 11.1 Å². The zero-order valence-corrected chi connectivity index (χ0v) is 39.4. The SMILES string of the molecule is CC(C)C[C@H](NC(=O)[C@@H]1CCC(=O)N1)C(=O)N[C@@H](CC(N)=O)C(=O)N[C@@H](Cc1ccccc1)C(=O)N[C@@H](CO)C(=O)N1CCC[C@H]1C(=O)N[C@@H](CC(N)=O)C(=O)N[C@@H](Cc1c[nH]c2ccccc12)C(N)=O. The molecule has 2 aliphatic heterocycles. The van der Waals surface area contributed by atoms with Crippen LogP contribution in [0.5, 0.6) is 0 Å². The summed E-state index contributed by atoms with van der Waals surface area (Å²) in [4.78, 5) is 149. The van der Waals surface area contributed by atoms with Gasteiger partial charge in [0.05, 0.1) is 19.4 Å². The van der Waals surface area contributed by atoms with Gasteiger partial charge in [-0.1, -0.05) is 62.4 Å². The van der Waals surface area contributed by atoms with Crippen LogP contribution in [0.1, 0.15) is 69.9 Å². The number of carbonyl (C=O) groups is 11. The molecule has 1 aromatic heterocycles. The Balaban J connectivity index is 1.28. The summed E-state index contributed by atoms with van der Waals surface area (Å²) in [5, 5.41) is 28.7. The number of nitrogens with zero attached hydrogens (tertiary/aromatic N) is 1. The number of hydrogen-bond donors (Lipinski definition) is 12. The van der Waals surface area contributed by atoms with Crippen molar-refractivity contribution >= 4 is 75.9 Å². The van der Waals surface area contributed by atoms with Crippen LogP contribution in [-0.4, -0.2) is 141 Å². The Morgan fingerprint density at radius 3 is 1.85 bits per heavy atom. The summed E-state index contributed by atoms with van der Waals surface area (Å²) in [6.07, 6.45) is 0.781. The molecule has 8 atom stereocenters. The van der Waals surface area contributed by atoms with Crippen LogP contribution in [0, 0.1) is 5.92 Å². The van der Waals surface area contributed by atoms with Gasteiger partial charge in [0.25, 0.3) is 0 Å². The molecule has 5 rings (SSSR count). The maximum atomic E-state index is 14.1. The minimum atomic E-state index is -1.69. The van der Waals surface area contributed by atoms with Gasteiger partial charge in [-0.3, -0.25) is 52.7 Å². The van der Waals surface area contributed by atoms with E-state index < -0.39 is 127 Å². The number of nitrogens with one attached hydrogen (secondary N) is 8. The number of nitrogens with two attached hydrogens (primary N) is 3. The van der Waals surface area contributed by atoms with Crippen molar-refractivity contribution in [2.45, 2.75) is 120 Å². The Bertz CT molecular complexity index is 2480. The van der Waals surface area contributed by atoms with Gasteiger partial charge in [-0.05, 0) is 48.8 Å². The van der Waals surface area contributed by atoms with E-state index in [9.17, 15) is 57.8 Å². The van der Waals surface area contributed by atoms with Gasteiger partial charge in [0.1, 0.15) is 48.3 Å². The Morgan fingerprint density at radius 1 is 0.676 bits per heavy atom. The van der Waals surface area contributed by atoms with Gasteiger partial charge >= 0.3 is 0 Å². The Labute approximate surface area is 408 Å². The molecule has 0 radical (unpaired) electrons. The van der Waals surface area contributed by atoms with Gasteiger partial charge < -0.3 is 69.4 Å². The lowest BCUT2D eigenvalue weighted by Gasteiger charge is -2.30. The van der Waals surface area contributed by atoms with Crippen LogP contribution in [0.25, 0.3) is 10.9 Å². The third-order valence-corrected chi connectivity index (χ3v) is 12.0. The number of H-pyrrole nitrogens is 1. The normalized spacial score (nSPS) is 17.9. The highest BCUT2D eigenvalue weighted by Crippen LogP contribution is 2.21. The first-order valence-corrected chi connectivity index (χ1v) is 23.2. The lowest BCUT2D eigenvalue weighted by Crippen LogP contribution is -2.61. The number of fused-ring (bicyclic) bond motifs is 1. The van der Waals surface area contributed by atoms with Crippen LogP contribution in [-0.2, 0) is 65.6 Å². The molecule has 0 saturated carbocycles. The number of aliphatic hydroxyl groups is 1. The highest BCUT2D eigenvalue weighted by atomic mass is 16.3. The van der Waals surface area contributed by atoms with Crippen LogP contribution in [0.4, 0.5) is 0 Å². The number of hydrogen-bond acceptors (Lipinski definition) is 12. The molecular weight excluding hydrogens is 925 g/mol. The Morgan fingerprint density at radius 2 is 1.24 bits per heavy atom. The van der Waals surface area contributed by atoms with E-state index in [2.05, 4.69) is 42.2 Å². The number of aromatic amines is 1. The van der Waals surface area contributed by atoms with Gasteiger partial charge in [-0.25, -0.2) is 0 Å². The van der Waals surface area contributed by atoms with Crippen molar-refractivity contribution in [2.24, 2.45) is 23.1 Å². The van der Waals surface area contributed by atoms with E-state index in [-0.39, 0.29) is 63.3 Å². The quantitative estimate of drug-likeness (QED) is 0.0392. The number of para-hydroxylation sites is 1. The second kappa shape index (κ2) is 25.1. The predicted molar refractivity (Wildman–Crippen MR) is 253 cm³/mol. The van der Waals surface area contributed by atoms with Crippen LogP contribution in [0.15, 0.2) is 60.8 Å². The van der Waals surface area contributed by atoms with Crippen LogP contribution in [0.3, 0.4) is 0 Å². The molecule has 2 saturated heterocycles. The molecule has 0 spiro atoms. The van der Waals surface area contributed by atoms with E-state index in [1.807, 2.05) is 18.2 Å². The third kappa shape index (κ3) is 15.3. The molecule has 3 heterocycles. The summed E-state index contributed by atoms with van der Waals surface area (Å²) in [5.74, 6) is -9.60. The molecular formula is C47H62N12O12. The van der Waals surface area contributed by atoms with Crippen LogP contribution < -0.4 is 54.4 Å². The highest BCUT2D eigenvalue weighted by molar-refractivity contribution is 6.00. The number of benzene rings is 2. The van der Waals surface area contributed by atoms with Crippen molar-refractivity contribution in [3.8, 4) is 0 Å². The number of primary amides is 3. The van der Waals surface area contributed by atoms with E-state index in [1.54, 1.807) is 56.4 Å². The number of aromatic nitrogens is 1. The fourth-order valence-corrected chi connectivity index (χ4v) is 8.46. The number of carbonyl (C=O) groups excluding carboxylic acids is 11. The molecule has 2 fully saturated rings. The molecule has 24 nitrogen and oxygen atoms in total. The summed E-state index contributed by atoms with van der Waals surface area (Å²) in [7, 11) is 0. The first-order valence-electron chi connectivity index (χ1n) is 23.2. The lowest BCUT2D eigenvalue weighted by molar-refractivity contribution is -0.143. The summed E-state index contributed by atoms with van der Waals surface area (Å²) >= 11 is 0. The van der Waals surface area contributed by atoms with Gasteiger partial charge in [-0.2, -0.15) is 0 Å². The maximum Gasteiger partial charge on any atom is 0.248 e. The number of rotatable bonds is 25. The fourth-order valence-electron chi connectivity index (χ4n) is 8.46. The summed E-state index contributed by atoms with van der Waals surface area (Å²) in [6, 6.07) is 4.47. The molecule has 3 aromatic rings. The Hall–Kier alpha value is -7.89. The zero-order chi connectivity index (χ0) is 51.9. The van der Waals surface area contributed by atoms with E-state index >= 15 is 0 Å². The predicted octanol–water partition coefficient (Wildman–Crippen LogP) is -3.59. The maximum absolute atomic E-state index is 14.1. The summed E-state index contributed by atoms with van der Waals surface area (Å²) in [5.41, 5.74) is 18.5. The first kappa shape index (κ1) is 54.1. The molecule has 15 N–H and O–H groups in total. The zero-order valence-electron chi connectivity index (χ0n) is 39.4. The first-order chi connectivity index (χ1) is 33.7. The second-order valence-corrected chi connectivity index (χ2v) is 18.0. The molecule has 0 unspecified atom stereocenters. The topological polar surface area (TPSA) is 389 Å². The van der Waals surface area contributed by atoms with Gasteiger partial charge in [-0.15, -0.1) is 0 Å². The van der Waals surface area contributed by atoms with Crippen LogP contribution in [0.2, 0.25) is 0 Å². The van der Waals surface area contributed by atoms with Crippen molar-refractivity contribution in [3.05, 3.63) is 71.9 Å². The molecule has 24 heteroatoms. The molecule has 0 bridgehead atoms. The smallest absolute Gasteiger partial charge is 0.248 e. The van der Waals surface area contributed by atoms with E-state index in [1.165, 1.54) is 0 Å². The molecule has 382 valence electrons. The average Bonchev–Trinajstić information content (AvgIpc) is 4.10. The molecule has 71 heavy (non-hydrogen) atoms. The number of aliphatic hydroxyl groups excluding tert-OH is 1. The Kier molecular flexibility index (Phi) is 19.1. The van der Waals surface area contributed by atoms with E-state index in [4.69, 9.17) is 17.2 Å². The van der Waals surface area contributed by atoms with Gasteiger partial charge in [0.15, 0.2) is 0 Å². The van der Waals surface area contributed by atoms with Crippen LogP contribution >= 0.6 is 0 Å². The number of amides is 11. The van der Waals surface area contributed by atoms with Crippen molar-refractivity contribution in [2.75, 3.05) is 13.2 Å². The minimum absolute atomic E-state index is 0.0312. The minimum Gasteiger partial charge on any atom is -0.394 e. The molecule has 2 aliphatic rings. The molecule has 11 amide bonds. The monoisotopic (exact) mass is 986 g/mol. The summed E-state index contributed by atoms with van der Waals surface area (Å²) < 4.78 is 0. The van der Waals surface area contributed by atoms with Crippen molar-refractivity contribution in [1.82, 2.24) is 47.1 Å².